The third-order valence-corrected chi connectivity index (χ3v) is 5.63. The first-order chi connectivity index (χ1) is 12.9. The number of rotatable bonds is 7. The van der Waals surface area contributed by atoms with Gasteiger partial charge in [-0.2, -0.15) is 0 Å². The number of nitrogens with one attached hydrogen (secondary N) is 1. The number of hydrogen-bond acceptors (Lipinski definition) is 4. The number of carbonyl (C=O) groups is 3. The number of halogens is 1. The molecule has 2 aromatic rings. The fraction of sp³-hybridized carbons (Fsp3) is 0.316. The SMILES string of the molecule is CN(Cc1ccc(Cl)s1)C(=O)CN1C(=O)N[C@@H](CCc2ccccc2)C1=O. The van der Waals surface area contributed by atoms with Crippen LogP contribution in [0.2, 0.25) is 4.34 Å². The van der Waals surface area contributed by atoms with Crippen LogP contribution in [0.4, 0.5) is 4.79 Å². The molecule has 6 nitrogen and oxygen atoms in total. The van der Waals surface area contributed by atoms with Gasteiger partial charge in [-0.25, -0.2) is 4.79 Å². The number of likely N-dealkylation sites (N-methyl/N-ethyl adjacent to an activating group) is 1. The summed E-state index contributed by atoms with van der Waals surface area (Å²) in [7, 11) is 1.64. The van der Waals surface area contributed by atoms with E-state index in [1.54, 1.807) is 13.1 Å². The first-order valence-electron chi connectivity index (χ1n) is 8.58. The highest BCUT2D eigenvalue weighted by Crippen LogP contribution is 2.22. The van der Waals surface area contributed by atoms with E-state index in [2.05, 4.69) is 5.32 Å². The average molecular weight is 406 g/mol. The van der Waals surface area contributed by atoms with E-state index in [-0.39, 0.29) is 18.4 Å². The number of carbonyl (C=O) groups excluding carboxylic acids is 3. The Kier molecular flexibility index (Phi) is 6.13. The molecule has 27 heavy (non-hydrogen) atoms. The van der Waals surface area contributed by atoms with E-state index in [1.807, 2.05) is 36.4 Å². The maximum atomic E-state index is 12.5. The van der Waals surface area contributed by atoms with Gasteiger partial charge in [0.15, 0.2) is 0 Å². The molecule has 1 aromatic heterocycles. The van der Waals surface area contributed by atoms with Crippen LogP contribution in [-0.2, 0) is 22.6 Å². The van der Waals surface area contributed by atoms with E-state index in [0.717, 1.165) is 15.3 Å². The first-order valence-corrected chi connectivity index (χ1v) is 9.77. The van der Waals surface area contributed by atoms with E-state index in [0.29, 0.717) is 23.7 Å². The summed E-state index contributed by atoms with van der Waals surface area (Å²) in [6, 6.07) is 12.3. The minimum atomic E-state index is -0.591. The van der Waals surface area contributed by atoms with E-state index >= 15 is 0 Å². The van der Waals surface area contributed by atoms with E-state index in [9.17, 15) is 14.4 Å². The third kappa shape index (κ3) is 4.87. The van der Waals surface area contributed by atoms with Crippen molar-refractivity contribution in [2.24, 2.45) is 0 Å². The molecule has 8 heteroatoms. The Balaban J connectivity index is 1.54. The molecule has 1 aliphatic heterocycles. The third-order valence-electron chi connectivity index (χ3n) is 4.41. The van der Waals surface area contributed by atoms with E-state index < -0.39 is 12.1 Å². The Morgan fingerprint density at radius 1 is 1.22 bits per heavy atom. The zero-order chi connectivity index (χ0) is 19.4. The fourth-order valence-corrected chi connectivity index (χ4v) is 4.03. The zero-order valence-electron chi connectivity index (χ0n) is 14.9. The number of imide groups is 1. The Bertz CT molecular complexity index is 840. The molecule has 142 valence electrons. The number of benzene rings is 1. The van der Waals surface area contributed by atoms with Crippen molar-refractivity contribution >= 4 is 40.8 Å². The normalized spacial score (nSPS) is 16.5. The zero-order valence-corrected chi connectivity index (χ0v) is 16.4. The number of thiophene rings is 1. The maximum Gasteiger partial charge on any atom is 0.325 e. The van der Waals surface area contributed by atoms with Gasteiger partial charge in [-0.15, -0.1) is 11.3 Å². The van der Waals surface area contributed by atoms with Gasteiger partial charge in [-0.3, -0.25) is 14.5 Å². The predicted octanol–water partition coefficient (Wildman–Crippen LogP) is 2.91. The van der Waals surface area contributed by atoms with Crippen LogP contribution in [0.15, 0.2) is 42.5 Å². The molecule has 1 saturated heterocycles. The van der Waals surface area contributed by atoms with Gasteiger partial charge in [0.25, 0.3) is 5.91 Å². The average Bonchev–Trinajstić information content (AvgIpc) is 3.18. The van der Waals surface area contributed by atoms with Gasteiger partial charge in [0.2, 0.25) is 5.91 Å². The molecule has 0 saturated carbocycles. The largest absolute Gasteiger partial charge is 0.339 e. The molecule has 1 aromatic carbocycles. The summed E-state index contributed by atoms with van der Waals surface area (Å²) in [5.74, 6) is -0.649. The number of hydrogen-bond donors (Lipinski definition) is 1. The summed E-state index contributed by atoms with van der Waals surface area (Å²) < 4.78 is 0.654. The van der Waals surface area contributed by atoms with Crippen molar-refractivity contribution in [2.75, 3.05) is 13.6 Å². The molecule has 4 amide bonds. The van der Waals surface area contributed by atoms with Crippen LogP contribution in [-0.4, -0.2) is 47.3 Å². The van der Waals surface area contributed by atoms with Crippen molar-refractivity contribution in [3.8, 4) is 0 Å². The molecule has 3 rings (SSSR count). The van der Waals surface area contributed by atoms with Crippen molar-refractivity contribution in [1.29, 1.82) is 0 Å². The van der Waals surface area contributed by atoms with E-state index in [4.69, 9.17) is 11.6 Å². The lowest BCUT2D eigenvalue weighted by atomic mass is 10.1. The second-order valence-electron chi connectivity index (χ2n) is 6.41. The summed E-state index contributed by atoms with van der Waals surface area (Å²) in [5.41, 5.74) is 1.10. The number of aryl methyl sites for hydroxylation is 1. The quantitative estimate of drug-likeness (QED) is 0.720. The minimum absolute atomic E-state index is 0.262. The second kappa shape index (κ2) is 8.54. The van der Waals surface area contributed by atoms with Gasteiger partial charge in [-0.1, -0.05) is 41.9 Å². The van der Waals surface area contributed by atoms with Crippen LogP contribution in [0.5, 0.6) is 0 Å². The highest BCUT2D eigenvalue weighted by Gasteiger charge is 2.38. The molecule has 0 radical (unpaired) electrons. The Hall–Kier alpha value is -2.38. The smallest absolute Gasteiger partial charge is 0.325 e. The summed E-state index contributed by atoms with van der Waals surface area (Å²) >= 11 is 7.29. The molecule has 2 heterocycles. The number of amides is 4. The molecule has 1 N–H and O–H groups in total. The molecular weight excluding hydrogens is 386 g/mol. The lowest BCUT2D eigenvalue weighted by Gasteiger charge is -2.19. The van der Waals surface area contributed by atoms with Gasteiger partial charge in [0, 0.05) is 11.9 Å². The van der Waals surface area contributed by atoms with Crippen molar-refractivity contribution in [2.45, 2.75) is 25.4 Å². The summed E-state index contributed by atoms with van der Waals surface area (Å²) in [5, 5.41) is 2.67. The molecule has 0 bridgehead atoms. The minimum Gasteiger partial charge on any atom is -0.339 e. The van der Waals surface area contributed by atoms with Gasteiger partial charge >= 0.3 is 6.03 Å². The Morgan fingerprint density at radius 3 is 2.63 bits per heavy atom. The molecule has 0 spiro atoms. The van der Waals surface area contributed by atoms with Gasteiger partial charge in [0.1, 0.15) is 12.6 Å². The summed E-state index contributed by atoms with van der Waals surface area (Å²) in [6.07, 6.45) is 1.18. The molecule has 1 fully saturated rings. The lowest BCUT2D eigenvalue weighted by molar-refractivity contribution is -0.136. The Morgan fingerprint density at radius 2 is 1.96 bits per heavy atom. The van der Waals surface area contributed by atoms with Crippen LogP contribution in [0.1, 0.15) is 16.9 Å². The standard InChI is InChI=1S/C19H20ClN3O3S/c1-22(11-14-8-10-16(20)27-14)17(24)12-23-18(25)15(21-19(23)26)9-7-13-5-3-2-4-6-13/h2-6,8,10,15H,7,9,11-12H2,1H3,(H,21,26)/t15-/m0/s1. The van der Waals surface area contributed by atoms with Crippen LogP contribution in [0.25, 0.3) is 0 Å². The molecule has 1 atom stereocenters. The molecular formula is C19H20ClN3O3S. The van der Waals surface area contributed by atoms with Gasteiger partial charge < -0.3 is 10.2 Å². The summed E-state index contributed by atoms with van der Waals surface area (Å²) in [6.45, 7) is 0.124. The lowest BCUT2D eigenvalue weighted by Crippen LogP contribution is -2.41. The Labute approximate surface area is 166 Å². The molecule has 1 aliphatic rings. The summed E-state index contributed by atoms with van der Waals surface area (Å²) in [4.78, 5) is 40.5. The van der Waals surface area contributed by atoms with Crippen LogP contribution in [0, 0.1) is 0 Å². The van der Waals surface area contributed by atoms with Crippen molar-refractivity contribution in [3.05, 3.63) is 57.2 Å². The maximum absolute atomic E-state index is 12.5. The first kappa shape index (κ1) is 19.4. The number of urea groups is 1. The highest BCUT2D eigenvalue weighted by atomic mass is 35.5. The monoisotopic (exact) mass is 405 g/mol. The van der Waals surface area contributed by atoms with Crippen molar-refractivity contribution < 1.29 is 14.4 Å². The fourth-order valence-electron chi connectivity index (χ4n) is 2.89. The van der Waals surface area contributed by atoms with Crippen LogP contribution in [0.3, 0.4) is 0 Å². The topological polar surface area (TPSA) is 69.7 Å². The van der Waals surface area contributed by atoms with Gasteiger partial charge in [-0.05, 0) is 30.5 Å². The van der Waals surface area contributed by atoms with Crippen LogP contribution >= 0.6 is 22.9 Å². The van der Waals surface area contributed by atoms with Gasteiger partial charge in [0.05, 0.1) is 10.9 Å². The second-order valence-corrected chi connectivity index (χ2v) is 8.21. The predicted molar refractivity (Wildman–Crippen MR) is 105 cm³/mol. The highest BCUT2D eigenvalue weighted by molar-refractivity contribution is 7.16. The van der Waals surface area contributed by atoms with Crippen molar-refractivity contribution in [1.82, 2.24) is 15.1 Å². The number of nitrogens with zero attached hydrogens (tertiary/aromatic N) is 2. The molecule has 0 aliphatic carbocycles. The molecule has 0 unspecified atom stereocenters. The van der Waals surface area contributed by atoms with E-state index in [1.165, 1.54) is 16.2 Å². The van der Waals surface area contributed by atoms with Crippen LogP contribution < -0.4 is 5.32 Å². The van der Waals surface area contributed by atoms with Crippen molar-refractivity contribution in [3.63, 3.8) is 0 Å².